The molecular weight excluding hydrogens is 220 g/mol. The maximum atomic E-state index is 5.78. The molecule has 3 nitrogen and oxygen atoms in total. The van der Waals surface area contributed by atoms with E-state index >= 15 is 0 Å². The van der Waals surface area contributed by atoms with Crippen LogP contribution in [-0.2, 0) is 6.61 Å². The highest BCUT2D eigenvalue weighted by atomic mass is 32.1. The number of benzene rings is 1. The Morgan fingerprint density at radius 2 is 2.00 bits per heavy atom. The summed E-state index contributed by atoms with van der Waals surface area (Å²) in [5.41, 5.74) is 10.5. The van der Waals surface area contributed by atoms with Crippen LogP contribution in [0.15, 0.2) is 23.8 Å². The third-order valence-corrected chi connectivity index (χ3v) is 3.08. The van der Waals surface area contributed by atoms with Gasteiger partial charge in [-0.2, -0.15) is 0 Å². The SMILES string of the molecule is Cc1cc(N)cc(C)c1OCc1cncs1. The summed E-state index contributed by atoms with van der Waals surface area (Å²) >= 11 is 1.60. The number of aromatic nitrogens is 1. The zero-order valence-electron chi connectivity index (χ0n) is 9.36. The van der Waals surface area contributed by atoms with Gasteiger partial charge in [-0.25, -0.2) is 0 Å². The van der Waals surface area contributed by atoms with Crippen molar-refractivity contribution in [1.82, 2.24) is 4.98 Å². The predicted molar refractivity (Wildman–Crippen MR) is 66.8 cm³/mol. The number of aryl methyl sites for hydroxylation is 2. The summed E-state index contributed by atoms with van der Waals surface area (Å²) in [6, 6.07) is 3.85. The zero-order valence-corrected chi connectivity index (χ0v) is 10.2. The molecule has 0 aliphatic heterocycles. The highest BCUT2D eigenvalue weighted by molar-refractivity contribution is 7.09. The molecule has 0 unspecified atom stereocenters. The molecule has 2 aromatic rings. The van der Waals surface area contributed by atoms with Crippen molar-refractivity contribution in [2.24, 2.45) is 0 Å². The molecule has 0 radical (unpaired) electrons. The van der Waals surface area contributed by atoms with Crippen molar-refractivity contribution in [2.45, 2.75) is 20.5 Å². The highest BCUT2D eigenvalue weighted by Gasteiger charge is 2.06. The topological polar surface area (TPSA) is 48.1 Å². The standard InChI is InChI=1S/C12H14N2OS/c1-8-3-10(13)4-9(2)12(8)15-6-11-5-14-7-16-11/h3-5,7H,6,13H2,1-2H3. The van der Waals surface area contributed by atoms with Crippen LogP contribution >= 0.6 is 11.3 Å². The molecule has 0 saturated heterocycles. The first-order valence-corrected chi connectivity index (χ1v) is 5.91. The van der Waals surface area contributed by atoms with Crippen LogP contribution < -0.4 is 10.5 Å². The number of ether oxygens (including phenoxy) is 1. The van der Waals surface area contributed by atoms with Gasteiger partial charge < -0.3 is 10.5 Å². The lowest BCUT2D eigenvalue weighted by Crippen LogP contribution is -1.98. The Kier molecular flexibility index (Phi) is 3.10. The van der Waals surface area contributed by atoms with Gasteiger partial charge in [0, 0.05) is 11.9 Å². The lowest BCUT2D eigenvalue weighted by molar-refractivity contribution is 0.305. The van der Waals surface area contributed by atoms with Gasteiger partial charge in [0.1, 0.15) is 12.4 Å². The second-order valence-electron chi connectivity index (χ2n) is 3.74. The van der Waals surface area contributed by atoms with E-state index in [2.05, 4.69) is 4.98 Å². The fourth-order valence-electron chi connectivity index (χ4n) is 1.67. The van der Waals surface area contributed by atoms with Crippen molar-refractivity contribution in [3.8, 4) is 5.75 Å². The van der Waals surface area contributed by atoms with Gasteiger partial charge in [0.05, 0.1) is 10.4 Å². The molecule has 84 valence electrons. The number of thiazole rings is 1. The molecule has 0 fully saturated rings. The Bertz CT molecular complexity index is 457. The molecule has 16 heavy (non-hydrogen) atoms. The van der Waals surface area contributed by atoms with Gasteiger partial charge in [0.15, 0.2) is 0 Å². The Hall–Kier alpha value is -1.55. The van der Waals surface area contributed by atoms with Gasteiger partial charge in [-0.3, -0.25) is 4.98 Å². The number of anilines is 1. The van der Waals surface area contributed by atoms with Gasteiger partial charge in [0.25, 0.3) is 0 Å². The van der Waals surface area contributed by atoms with Crippen LogP contribution in [0.1, 0.15) is 16.0 Å². The minimum absolute atomic E-state index is 0.566. The van der Waals surface area contributed by atoms with Gasteiger partial charge in [-0.1, -0.05) is 0 Å². The largest absolute Gasteiger partial charge is 0.487 e. The molecule has 0 bridgehead atoms. The third-order valence-electron chi connectivity index (χ3n) is 2.32. The second kappa shape index (κ2) is 4.53. The Balaban J connectivity index is 2.15. The average Bonchev–Trinajstić information content (AvgIpc) is 2.68. The maximum Gasteiger partial charge on any atom is 0.125 e. The Labute approximate surface area is 98.9 Å². The van der Waals surface area contributed by atoms with Crippen molar-refractivity contribution in [1.29, 1.82) is 0 Å². The van der Waals surface area contributed by atoms with E-state index < -0.39 is 0 Å². The highest BCUT2D eigenvalue weighted by Crippen LogP contribution is 2.26. The minimum atomic E-state index is 0.566. The van der Waals surface area contributed by atoms with E-state index in [9.17, 15) is 0 Å². The Morgan fingerprint density at radius 3 is 2.56 bits per heavy atom. The molecule has 0 saturated carbocycles. The predicted octanol–water partition coefficient (Wildman–Crippen LogP) is 2.92. The fraction of sp³-hybridized carbons (Fsp3) is 0.250. The van der Waals surface area contributed by atoms with E-state index in [0.29, 0.717) is 6.61 Å². The van der Waals surface area contributed by atoms with Gasteiger partial charge in [0.2, 0.25) is 0 Å². The van der Waals surface area contributed by atoms with Gasteiger partial charge in [-0.15, -0.1) is 11.3 Å². The summed E-state index contributed by atoms with van der Waals surface area (Å²) in [4.78, 5) is 5.13. The summed E-state index contributed by atoms with van der Waals surface area (Å²) in [6.45, 7) is 4.58. The van der Waals surface area contributed by atoms with E-state index in [-0.39, 0.29) is 0 Å². The first kappa shape index (κ1) is 11.0. The van der Waals surface area contributed by atoms with Crippen molar-refractivity contribution in [3.05, 3.63) is 39.8 Å². The molecule has 0 amide bonds. The lowest BCUT2D eigenvalue weighted by Gasteiger charge is -2.11. The zero-order chi connectivity index (χ0) is 11.5. The number of rotatable bonds is 3. The number of nitrogens with zero attached hydrogens (tertiary/aromatic N) is 1. The molecular formula is C12H14N2OS. The molecule has 0 spiro atoms. The van der Waals surface area contributed by atoms with Crippen molar-refractivity contribution in [3.63, 3.8) is 0 Å². The lowest BCUT2D eigenvalue weighted by atomic mass is 10.1. The van der Waals surface area contributed by atoms with Crippen LogP contribution in [0.4, 0.5) is 5.69 Å². The summed E-state index contributed by atoms with van der Waals surface area (Å²) < 4.78 is 5.78. The van der Waals surface area contributed by atoms with Crippen molar-refractivity contribution < 1.29 is 4.74 Å². The molecule has 0 aliphatic rings. The van der Waals surface area contributed by atoms with Crippen LogP contribution in [0.25, 0.3) is 0 Å². The minimum Gasteiger partial charge on any atom is -0.487 e. The first-order valence-electron chi connectivity index (χ1n) is 5.03. The van der Waals surface area contributed by atoms with E-state index in [1.807, 2.05) is 32.2 Å². The normalized spacial score (nSPS) is 10.4. The van der Waals surface area contributed by atoms with E-state index in [1.54, 1.807) is 16.8 Å². The summed E-state index contributed by atoms with van der Waals surface area (Å²) in [7, 11) is 0. The van der Waals surface area contributed by atoms with Gasteiger partial charge >= 0.3 is 0 Å². The van der Waals surface area contributed by atoms with E-state index in [4.69, 9.17) is 10.5 Å². The molecule has 2 rings (SSSR count). The second-order valence-corrected chi connectivity index (χ2v) is 4.71. The van der Waals surface area contributed by atoms with Crippen LogP contribution in [0.2, 0.25) is 0 Å². The van der Waals surface area contributed by atoms with Crippen molar-refractivity contribution in [2.75, 3.05) is 5.73 Å². The number of hydrogen-bond acceptors (Lipinski definition) is 4. The number of nitrogens with two attached hydrogens (primary N) is 1. The van der Waals surface area contributed by atoms with Crippen LogP contribution in [0.5, 0.6) is 5.75 Å². The van der Waals surface area contributed by atoms with Crippen molar-refractivity contribution >= 4 is 17.0 Å². The Morgan fingerprint density at radius 1 is 1.31 bits per heavy atom. The summed E-state index contributed by atoms with van der Waals surface area (Å²) in [5, 5.41) is 0. The number of hydrogen-bond donors (Lipinski definition) is 1. The van der Waals surface area contributed by atoms with Crippen LogP contribution in [0.3, 0.4) is 0 Å². The monoisotopic (exact) mass is 234 g/mol. The van der Waals surface area contributed by atoms with Gasteiger partial charge in [-0.05, 0) is 37.1 Å². The third kappa shape index (κ3) is 2.33. The molecule has 1 aromatic heterocycles. The number of nitrogen functional groups attached to an aromatic ring is 1. The molecule has 4 heteroatoms. The fourth-order valence-corrected chi connectivity index (χ4v) is 2.17. The quantitative estimate of drug-likeness (QED) is 0.831. The van der Waals surface area contributed by atoms with Crippen LogP contribution in [-0.4, -0.2) is 4.98 Å². The maximum absolute atomic E-state index is 5.78. The first-order chi connectivity index (χ1) is 7.66. The summed E-state index contributed by atoms with van der Waals surface area (Å²) in [6.07, 6.45) is 1.83. The smallest absolute Gasteiger partial charge is 0.125 e. The molecule has 1 aromatic carbocycles. The average molecular weight is 234 g/mol. The summed E-state index contributed by atoms with van der Waals surface area (Å²) in [5.74, 6) is 0.919. The molecule has 0 atom stereocenters. The molecule has 0 aliphatic carbocycles. The van der Waals surface area contributed by atoms with Crippen LogP contribution in [0, 0.1) is 13.8 Å². The van der Waals surface area contributed by atoms with E-state index in [1.165, 1.54) is 0 Å². The van der Waals surface area contributed by atoms with E-state index in [0.717, 1.165) is 27.4 Å². The molecule has 2 N–H and O–H groups in total. The molecule has 1 heterocycles.